The van der Waals surface area contributed by atoms with Crippen LogP contribution in [0.15, 0.2) is 34.1 Å². The van der Waals surface area contributed by atoms with E-state index >= 15 is 0 Å². The van der Waals surface area contributed by atoms with Gasteiger partial charge in [-0.3, -0.25) is 0 Å². The molecule has 2 aromatic rings. The van der Waals surface area contributed by atoms with Crippen molar-refractivity contribution < 1.29 is 9.53 Å². The van der Waals surface area contributed by atoms with E-state index in [1.165, 1.54) is 18.4 Å². The molecule has 1 aromatic heterocycles. The van der Waals surface area contributed by atoms with Crippen LogP contribution in [0.2, 0.25) is 0 Å². The molecule has 2 rings (SSSR count). The number of aromatic nitrogens is 1. The quantitative estimate of drug-likeness (QED) is 0.798. The molecule has 0 amide bonds. The molecule has 0 aliphatic carbocycles. The highest BCUT2D eigenvalue weighted by Gasteiger charge is 2.11. The van der Waals surface area contributed by atoms with Gasteiger partial charge in [0.25, 0.3) is 0 Å². The van der Waals surface area contributed by atoms with Gasteiger partial charge in [-0.05, 0) is 12.1 Å². The summed E-state index contributed by atoms with van der Waals surface area (Å²) < 4.78 is 5.62. The monoisotopic (exact) mass is 297 g/mol. The molecule has 0 radical (unpaired) electrons. The molecule has 0 unspecified atom stereocenters. The number of methoxy groups -OCH3 is 1. The summed E-state index contributed by atoms with van der Waals surface area (Å²) in [6.45, 7) is 0. The topological polar surface area (TPSA) is 39.2 Å². The van der Waals surface area contributed by atoms with Crippen molar-refractivity contribution in [2.45, 2.75) is 0 Å². The molecule has 5 heteroatoms. The number of carbonyl (C=O) groups excluding carboxylic acids is 1. The number of nitrogens with zero attached hydrogens (tertiary/aromatic N) is 1. The van der Waals surface area contributed by atoms with Crippen LogP contribution in [0.1, 0.15) is 10.5 Å². The number of rotatable bonds is 2. The van der Waals surface area contributed by atoms with Crippen LogP contribution in [0.4, 0.5) is 0 Å². The van der Waals surface area contributed by atoms with E-state index in [4.69, 9.17) is 0 Å². The Kier molecular flexibility index (Phi) is 3.36. The van der Waals surface area contributed by atoms with Crippen LogP contribution >= 0.6 is 27.3 Å². The Morgan fingerprint density at radius 1 is 1.38 bits per heavy atom. The van der Waals surface area contributed by atoms with Gasteiger partial charge >= 0.3 is 5.97 Å². The molecule has 1 aromatic carbocycles. The summed E-state index contributed by atoms with van der Waals surface area (Å²) in [6.07, 6.45) is 0. The zero-order chi connectivity index (χ0) is 11.5. The van der Waals surface area contributed by atoms with Crippen molar-refractivity contribution in [2.75, 3.05) is 7.11 Å². The van der Waals surface area contributed by atoms with E-state index in [9.17, 15) is 4.79 Å². The maximum Gasteiger partial charge on any atom is 0.357 e. The largest absolute Gasteiger partial charge is 0.464 e. The molecule has 0 bridgehead atoms. The number of esters is 1. The number of hydrogen-bond acceptors (Lipinski definition) is 4. The molecule has 0 aliphatic rings. The summed E-state index contributed by atoms with van der Waals surface area (Å²) in [5.41, 5.74) is 1.34. The molecule has 16 heavy (non-hydrogen) atoms. The van der Waals surface area contributed by atoms with Gasteiger partial charge in [-0.15, -0.1) is 11.3 Å². The van der Waals surface area contributed by atoms with Crippen molar-refractivity contribution in [3.63, 3.8) is 0 Å². The lowest BCUT2D eigenvalue weighted by Gasteiger charge is -1.96. The molecule has 0 spiro atoms. The first-order chi connectivity index (χ1) is 7.70. The van der Waals surface area contributed by atoms with Crippen molar-refractivity contribution in [3.8, 4) is 10.6 Å². The Hall–Kier alpha value is -1.20. The van der Waals surface area contributed by atoms with Gasteiger partial charge in [-0.25, -0.2) is 9.78 Å². The number of ether oxygens (including phenoxy) is 1. The molecule has 3 nitrogen and oxygen atoms in total. The Morgan fingerprint density at radius 3 is 2.69 bits per heavy atom. The van der Waals surface area contributed by atoms with Crippen molar-refractivity contribution in [1.82, 2.24) is 4.98 Å². The van der Waals surface area contributed by atoms with Crippen molar-refractivity contribution in [3.05, 3.63) is 39.8 Å². The highest BCUT2D eigenvalue weighted by molar-refractivity contribution is 9.10. The van der Waals surface area contributed by atoms with Crippen LogP contribution in [-0.4, -0.2) is 18.1 Å². The molecule has 0 N–H and O–H groups in total. The van der Waals surface area contributed by atoms with Gasteiger partial charge < -0.3 is 4.74 Å². The smallest absolute Gasteiger partial charge is 0.357 e. The lowest BCUT2D eigenvalue weighted by Crippen LogP contribution is -2.00. The maximum atomic E-state index is 11.2. The van der Waals surface area contributed by atoms with Gasteiger partial charge in [0.1, 0.15) is 5.01 Å². The van der Waals surface area contributed by atoms with Gasteiger partial charge in [0, 0.05) is 15.4 Å². The molecule has 0 saturated carbocycles. The third-order valence-electron chi connectivity index (χ3n) is 1.99. The SMILES string of the molecule is COC(=O)c1csc(-c2ccc(Br)cc2)n1. The number of halogens is 1. The summed E-state index contributed by atoms with van der Waals surface area (Å²) in [7, 11) is 1.35. The average molecular weight is 298 g/mol. The lowest BCUT2D eigenvalue weighted by molar-refractivity contribution is 0.0595. The number of thiazole rings is 1. The summed E-state index contributed by atoms with van der Waals surface area (Å²) in [5.74, 6) is -0.403. The first-order valence-corrected chi connectivity index (χ1v) is 6.18. The summed E-state index contributed by atoms with van der Waals surface area (Å²) in [5, 5.41) is 2.51. The van der Waals surface area contributed by atoms with Crippen LogP contribution < -0.4 is 0 Å². The van der Waals surface area contributed by atoms with Crippen LogP contribution in [0.25, 0.3) is 10.6 Å². The predicted molar refractivity (Wildman–Crippen MR) is 66.6 cm³/mol. The zero-order valence-corrected chi connectivity index (χ0v) is 10.8. The predicted octanol–water partition coefficient (Wildman–Crippen LogP) is 3.36. The van der Waals surface area contributed by atoms with E-state index in [1.807, 2.05) is 24.3 Å². The molecule has 0 fully saturated rings. The first-order valence-electron chi connectivity index (χ1n) is 4.50. The van der Waals surface area contributed by atoms with Crippen molar-refractivity contribution in [2.24, 2.45) is 0 Å². The first kappa shape index (κ1) is 11.3. The Balaban J connectivity index is 2.31. The fourth-order valence-electron chi connectivity index (χ4n) is 1.20. The molecule has 82 valence electrons. The fraction of sp³-hybridized carbons (Fsp3) is 0.0909. The van der Waals surface area contributed by atoms with Gasteiger partial charge in [0.05, 0.1) is 7.11 Å². The minimum Gasteiger partial charge on any atom is -0.464 e. The second kappa shape index (κ2) is 4.76. The second-order valence-corrected chi connectivity index (χ2v) is 4.81. The van der Waals surface area contributed by atoms with E-state index < -0.39 is 5.97 Å². The second-order valence-electron chi connectivity index (χ2n) is 3.04. The summed E-state index contributed by atoms with van der Waals surface area (Å²) in [4.78, 5) is 15.4. The fourth-order valence-corrected chi connectivity index (χ4v) is 2.26. The third-order valence-corrected chi connectivity index (χ3v) is 3.41. The number of carbonyl (C=O) groups is 1. The molecule has 0 atom stereocenters. The van der Waals surface area contributed by atoms with Crippen LogP contribution in [0.5, 0.6) is 0 Å². The van der Waals surface area contributed by atoms with Crippen molar-refractivity contribution in [1.29, 1.82) is 0 Å². The van der Waals surface area contributed by atoms with Crippen LogP contribution in [0.3, 0.4) is 0 Å². The van der Waals surface area contributed by atoms with E-state index in [2.05, 4.69) is 25.7 Å². The normalized spacial score (nSPS) is 10.1. The number of benzene rings is 1. The molecule has 0 aliphatic heterocycles. The minimum atomic E-state index is -0.403. The van der Waals surface area contributed by atoms with Crippen LogP contribution in [0, 0.1) is 0 Å². The molecule has 1 heterocycles. The standard InChI is InChI=1S/C11H8BrNO2S/c1-15-11(14)9-6-16-10(13-9)7-2-4-8(12)5-3-7/h2-6H,1H3. The Bertz CT molecular complexity index is 507. The maximum absolute atomic E-state index is 11.2. The van der Waals surface area contributed by atoms with E-state index in [1.54, 1.807) is 5.38 Å². The van der Waals surface area contributed by atoms with Gasteiger partial charge in [0.15, 0.2) is 5.69 Å². The van der Waals surface area contributed by atoms with E-state index in [0.29, 0.717) is 5.69 Å². The molecular weight excluding hydrogens is 290 g/mol. The van der Waals surface area contributed by atoms with Crippen molar-refractivity contribution >= 4 is 33.2 Å². The number of hydrogen-bond donors (Lipinski definition) is 0. The average Bonchev–Trinajstić information content (AvgIpc) is 2.78. The van der Waals surface area contributed by atoms with Gasteiger partial charge in [-0.2, -0.15) is 0 Å². The molecular formula is C11H8BrNO2S. The van der Waals surface area contributed by atoms with Gasteiger partial charge in [0.2, 0.25) is 0 Å². The molecule has 0 saturated heterocycles. The lowest BCUT2D eigenvalue weighted by atomic mass is 10.2. The Morgan fingerprint density at radius 2 is 2.06 bits per heavy atom. The zero-order valence-electron chi connectivity index (χ0n) is 8.44. The summed E-state index contributed by atoms with van der Waals surface area (Å²) in [6, 6.07) is 7.77. The highest BCUT2D eigenvalue weighted by atomic mass is 79.9. The van der Waals surface area contributed by atoms with E-state index in [0.717, 1.165) is 15.0 Å². The van der Waals surface area contributed by atoms with E-state index in [-0.39, 0.29) is 0 Å². The third kappa shape index (κ3) is 2.31. The van der Waals surface area contributed by atoms with Crippen LogP contribution in [-0.2, 0) is 4.74 Å². The minimum absolute atomic E-state index is 0.352. The highest BCUT2D eigenvalue weighted by Crippen LogP contribution is 2.25. The van der Waals surface area contributed by atoms with Gasteiger partial charge in [-0.1, -0.05) is 28.1 Å². The Labute approximate surface area is 105 Å². The summed E-state index contributed by atoms with van der Waals surface area (Å²) >= 11 is 4.79.